The summed E-state index contributed by atoms with van der Waals surface area (Å²) >= 11 is 0. The Morgan fingerprint density at radius 2 is 1.63 bits per heavy atom. The van der Waals surface area contributed by atoms with Crippen LogP contribution in [0.1, 0.15) is 59.4 Å². The largest absolute Gasteiger partial charge is 0.467 e. The van der Waals surface area contributed by atoms with Crippen LogP contribution in [0, 0.1) is 0 Å². The Morgan fingerprint density at radius 1 is 1.00 bits per heavy atom. The highest BCUT2D eigenvalue weighted by Gasteiger charge is 2.28. The van der Waals surface area contributed by atoms with Gasteiger partial charge in [-0.2, -0.15) is 0 Å². The molecule has 0 spiro atoms. The Hall–Kier alpha value is -2.62. The van der Waals surface area contributed by atoms with E-state index in [1.54, 1.807) is 34.6 Å². The van der Waals surface area contributed by atoms with Crippen LogP contribution < -0.4 is 5.32 Å². The summed E-state index contributed by atoms with van der Waals surface area (Å²) in [7, 11) is -2.13. The maximum absolute atomic E-state index is 12.9. The predicted molar refractivity (Wildman–Crippen MR) is 143 cm³/mol. The van der Waals surface area contributed by atoms with Crippen LogP contribution in [0.5, 0.6) is 0 Å². The van der Waals surface area contributed by atoms with E-state index < -0.39 is 37.4 Å². The quantitative estimate of drug-likeness (QED) is 0.127. The Kier molecular flexibility index (Phi) is 15.0. The lowest BCUT2D eigenvalue weighted by Gasteiger charge is -2.25. The second-order valence-corrected chi connectivity index (χ2v) is 11.6. The zero-order valence-electron chi connectivity index (χ0n) is 23.4. The van der Waals surface area contributed by atoms with Crippen LogP contribution in [0.2, 0.25) is 0 Å². The van der Waals surface area contributed by atoms with E-state index in [0.717, 1.165) is 5.56 Å². The van der Waals surface area contributed by atoms with Crippen LogP contribution >= 0.6 is 7.60 Å². The van der Waals surface area contributed by atoms with Gasteiger partial charge >= 0.3 is 25.8 Å². The molecule has 0 saturated heterocycles. The number of nitrogens with zero attached hydrogens (tertiary/aromatic N) is 1. The standard InChI is InChI=1S/C26H43N2O9P/c1-7-35-38(32,36-8-2)19-18-28(25(31)34-20-21-14-10-9-11-15-21)17-13-12-16-22(23(29)33-6)27-24(30)37-26(3,4)5/h9-11,14-15,22H,7-8,12-13,16-20H2,1-6H3,(H,27,30)/t22-/m1/s1. The highest BCUT2D eigenvalue weighted by molar-refractivity contribution is 7.53. The van der Waals surface area contributed by atoms with E-state index in [0.29, 0.717) is 12.8 Å². The number of alkyl carbamates (subject to hydrolysis) is 1. The molecular formula is C26H43N2O9P. The molecule has 11 nitrogen and oxygen atoms in total. The number of methoxy groups -OCH3 is 1. The lowest BCUT2D eigenvalue weighted by atomic mass is 10.1. The Morgan fingerprint density at radius 3 is 2.18 bits per heavy atom. The first kappa shape index (κ1) is 33.4. The molecule has 0 fully saturated rings. The van der Waals surface area contributed by atoms with Gasteiger partial charge in [0.05, 0.1) is 26.5 Å². The van der Waals surface area contributed by atoms with Crippen molar-refractivity contribution >= 4 is 25.8 Å². The molecule has 0 aliphatic rings. The van der Waals surface area contributed by atoms with Crippen molar-refractivity contribution in [2.75, 3.05) is 39.6 Å². The molecule has 0 saturated carbocycles. The smallest absolute Gasteiger partial charge is 0.410 e. The van der Waals surface area contributed by atoms with E-state index in [2.05, 4.69) is 5.32 Å². The van der Waals surface area contributed by atoms with Gasteiger partial charge in [-0.25, -0.2) is 14.4 Å². The van der Waals surface area contributed by atoms with Crippen LogP contribution in [0.4, 0.5) is 9.59 Å². The van der Waals surface area contributed by atoms with Crippen molar-refractivity contribution in [3.8, 4) is 0 Å². The fourth-order valence-corrected chi connectivity index (χ4v) is 5.01. The fourth-order valence-electron chi connectivity index (χ4n) is 3.40. The predicted octanol–water partition coefficient (Wildman–Crippen LogP) is 5.13. The SMILES string of the molecule is CCOP(=O)(CCN(CCCC[C@@H](NC(=O)OC(C)(C)C)C(=O)OC)C(=O)OCc1ccccc1)OCC. The highest BCUT2D eigenvalue weighted by atomic mass is 31.2. The number of hydrogen-bond donors (Lipinski definition) is 1. The molecule has 0 radical (unpaired) electrons. The van der Waals surface area contributed by atoms with Crippen molar-refractivity contribution in [2.24, 2.45) is 0 Å². The Labute approximate surface area is 226 Å². The number of ether oxygens (including phenoxy) is 3. The zero-order chi connectivity index (χ0) is 28.6. The average Bonchev–Trinajstić information content (AvgIpc) is 2.85. The first-order valence-corrected chi connectivity index (χ1v) is 14.6. The van der Waals surface area contributed by atoms with E-state index in [-0.39, 0.29) is 45.5 Å². The zero-order valence-corrected chi connectivity index (χ0v) is 24.3. The summed E-state index contributed by atoms with van der Waals surface area (Å²) in [5, 5.41) is 2.54. The van der Waals surface area contributed by atoms with Crippen molar-refractivity contribution in [1.29, 1.82) is 0 Å². The molecule has 38 heavy (non-hydrogen) atoms. The minimum Gasteiger partial charge on any atom is -0.467 e. The summed E-state index contributed by atoms with van der Waals surface area (Å²) in [6.07, 6.45) is -0.0363. The normalized spacial score (nSPS) is 12.4. The molecule has 2 amide bonds. The van der Waals surface area contributed by atoms with E-state index in [9.17, 15) is 18.9 Å². The molecule has 0 bridgehead atoms. The van der Waals surface area contributed by atoms with Crippen molar-refractivity contribution in [3.05, 3.63) is 35.9 Å². The molecule has 0 heterocycles. The lowest BCUT2D eigenvalue weighted by molar-refractivity contribution is -0.143. The monoisotopic (exact) mass is 558 g/mol. The van der Waals surface area contributed by atoms with Crippen LogP contribution in [-0.4, -0.2) is 74.3 Å². The maximum Gasteiger partial charge on any atom is 0.410 e. The Bertz CT molecular complexity index is 896. The van der Waals surface area contributed by atoms with E-state index in [1.165, 1.54) is 12.0 Å². The second kappa shape index (κ2) is 17.1. The number of benzene rings is 1. The minimum atomic E-state index is -3.37. The molecule has 1 atom stereocenters. The molecule has 1 rings (SSSR count). The number of rotatable bonds is 16. The van der Waals surface area contributed by atoms with Crippen LogP contribution in [0.15, 0.2) is 30.3 Å². The molecule has 0 aliphatic heterocycles. The molecule has 0 aromatic heterocycles. The third-order valence-electron chi connectivity index (χ3n) is 5.11. The topological polar surface area (TPSA) is 130 Å². The van der Waals surface area contributed by atoms with Gasteiger partial charge in [0.2, 0.25) is 0 Å². The molecule has 1 N–H and O–H groups in total. The molecule has 0 unspecified atom stereocenters. The number of unbranched alkanes of at least 4 members (excludes halogenated alkanes) is 1. The van der Waals surface area contributed by atoms with Gasteiger partial charge in [0.1, 0.15) is 18.2 Å². The molecule has 1 aromatic carbocycles. The average molecular weight is 559 g/mol. The van der Waals surface area contributed by atoms with Gasteiger partial charge in [0.15, 0.2) is 0 Å². The van der Waals surface area contributed by atoms with Crippen LogP contribution in [-0.2, 0) is 39.2 Å². The number of amides is 2. The number of nitrogens with one attached hydrogen (secondary N) is 1. The Balaban J connectivity index is 2.79. The molecule has 0 aliphatic carbocycles. The molecule has 1 aromatic rings. The summed E-state index contributed by atoms with van der Waals surface area (Å²) in [6.45, 7) is 9.51. The summed E-state index contributed by atoms with van der Waals surface area (Å²) in [4.78, 5) is 38.6. The number of carbonyl (C=O) groups is 3. The van der Waals surface area contributed by atoms with Gasteiger partial charge in [-0.1, -0.05) is 30.3 Å². The maximum atomic E-state index is 12.9. The van der Waals surface area contributed by atoms with Gasteiger partial charge in [0.25, 0.3) is 0 Å². The van der Waals surface area contributed by atoms with Crippen LogP contribution in [0.3, 0.4) is 0 Å². The van der Waals surface area contributed by atoms with E-state index >= 15 is 0 Å². The minimum absolute atomic E-state index is 0.0140. The van der Waals surface area contributed by atoms with E-state index in [4.69, 9.17) is 23.3 Å². The van der Waals surface area contributed by atoms with Gasteiger partial charge in [-0.3, -0.25) is 4.57 Å². The van der Waals surface area contributed by atoms with Crippen molar-refractivity contribution in [3.63, 3.8) is 0 Å². The molecule has 12 heteroatoms. The third-order valence-corrected chi connectivity index (χ3v) is 7.16. The lowest BCUT2D eigenvalue weighted by Crippen LogP contribution is -2.44. The molecular weight excluding hydrogens is 515 g/mol. The molecule has 216 valence electrons. The summed E-state index contributed by atoms with van der Waals surface area (Å²) in [6, 6.07) is 8.37. The van der Waals surface area contributed by atoms with Gasteiger partial charge in [-0.15, -0.1) is 0 Å². The highest BCUT2D eigenvalue weighted by Crippen LogP contribution is 2.47. The fraction of sp³-hybridized carbons (Fsp3) is 0.654. The summed E-state index contributed by atoms with van der Waals surface area (Å²) < 4.78 is 39.1. The van der Waals surface area contributed by atoms with Gasteiger partial charge < -0.3 is 33.5 Å². The first-order valence-electron chi connectivity index (χ1n) is 12.8. The summed E-state index contributed by atoms with van der Waals surface area (Å²) in [5.74, 6) is -0.593. The third kappa shape index (κ3) is 13.8. The van der Waals surface area contributed by atoms with Gasteiger partial charge in [0, 0.05) is 13.1 Å². The first-order chi connectivity index (χ1) is 17.9. The van der Waals surface area contributed by atoms with Crippen molar-refractivity contribution in [1.82, 2.24) is 10.2 Å². The van der Waals surface area contributed by atoms with Crippen LogP contribution in [0.25, 0.3) is 0 Å². The van der Waals surface area contributed by atoms with Gasteiger partial charge in [-0.05, 0) is 59.4 Å². The van der Waals surface area contributed by atoms with Crippen molar-refractivity contribution in [2.45, 2.75) is 72.1 Å². The van der Waals surface area contributed by atoms with Crippen molar-refractivity contribution < 1.29 is 42.2 Å². The number of esters is 1. The second-order valence-electron chi connectivity index (χ2n) is 9.42. The van der Waals surface area contributed by atoms with E-state index in [1.807, 2.05) is 30.3 Å². The number of hydrogen-bond acceptors (Lipinski definition) is 9. The summed E-state index contributed by atoms with van der Waals surface area (Å²) in [5.41, 5.74) is 0.123. The number of carbonyl (C=O) groups excluding carboxylic acids is 3.